The monoisotopic (exact) mass is 294 g/mol. The Kier molecular flexibility index (Phi) is 3.81. The molecule has 1 rings (SSSR count). The van der Waals surface area contributed by atoms with E-state index in [1.165, 1.54) is 0 Å². The summed E-state index contributed by atoms with van der Waals surface area (Å²) in [5.74, 6) is -13.9. The van der Waals surface area contributed by atoms with E-state index in [9.17, 15) is 35.1 Å². The summed E-state index contributed by atoms with van der Waals surface area (Å²) in [5, 5.41) is 8.96. The SMILES string of the molecule is OC(c1ccccc1F)C(F)(F)C(F)(F)C(F)(F)F. The molecule has 1 nitrogen and oxygen atoms in total. The first-order valence-corrected chi connectivity index (χ1v) is 4.67. The second-order valence-corrected chi connectivity index (χ2v) is 3.62. The fourth-order valence-electron chi connectivity index (χ4n) is 1.25. The highest BCUT2D eigenvalue weighted by Gasteiger charge is 2.75. The standard InChI is InChI=1S/C10H6F8O/c11-6-4-2-1-3-5(6)7(19)8(12,13)9(14,15)10(16,17)18/h1-4,7,19H. The maximum atomic E-state index is 13.1. The summed E-state index contributed by atoms with van der Waals surface area (Å²) in [7, 11) is 0. The van der Waals surface area contributed by atoms with Crippen molar-refractivity contribution in [3.63, 3.8) is 0 Å². The topological polar surface area (TPSA) is 20.2 Å². The van der Waals surface area contributed by atoms with Crippen LogP contribution >= 0.6 is 0 Å². The van der Waals surface area contributed by atoms with Crippen molar-refractivity contribution >= 4 is 0 Å². The van der Waals surface area contributed by atoms with Gasteiger partial charge in [0.05, 0.1) is 0 Å². The van der Waals surface area contributed by atoms with E-state index in [1.54, 1.807) is 0 Å². The molecule has 0 radical (unpaired) electrons. The first-order chi connectivity index (χ1) is 8.43. The molecule has 0 fully saturated rings. The molecule has 0 aliphatic carbocycles. The number of halogens is 8. The molecule has 1 N–H and O–H groups in total. The number of aliphatic hydroxyl groups is 1. The molecule has 0 bridgehead atoms. The van der Waals surface area contributed by atoms with Crippen LogP contribution in [0.15, 0.2) is 24.3 Å². The fraction of sp³-hybridized carbons (Fsp3) is 0.400. The number of hydrogen-bond acceptors (Lipinski definition) is 1. The van der Waals surface area contributed by atoms with E-state index in [2.05, 4.69) is 0 Å². The molecule has 0 saturated heterocycles. The van der Waals surface area contributed by atoms with Gasteiger partial charge in [-0.1, -0.05) is 18.2 Å². The molecule has 1 aromatic rings. The van der Waals surface area contributed by atoms with Gasteiger partial charge in [0.15, 0.2) is 6.10 Å². The molecule has 1 atom stereocenters. The molecule has 0 aliphatic rings. The van der Waals surface area contributed by atoms with Gasteiger partial charge in [-0.25, -0.2) is 4.39 Å². The second kappa shape index (κ2) is 4.62. The minimum absolute atomic E-state index is 0.486. The molecule has 0 aromatic heterocycles. The summed E-state index contributed by atoms with van der Waals surface area (Å²) in [4.78, 5) is 0. The number of aliphatic hydroxyl groups excluding tert-OH is 1. The Balaban J connectivity index is 3.24. The Labute approximate surface area is 101 Å². The average molecular weight is 294 g/mol. The van der Waals surface area contributed by atoms with E-state index in [1.807, 2.05) is 0 Å². The van der Waals surface area contributed by atoms with Gasteiger partial charge in [-0.2, -0.15) is 30.7 Å². The minimum Gasteiger partial charge on any atom is -0.382 e. The van der Waals surface area contributed by atoms with Gasteiger partial charge in [-0.3, -0.25) is 0 Å². The van der Waals surface area contributed by atoms with Gasteiger partial charge in [0, 0.05) is 5.56 Å². The van der Waals surface area contributed by atoms with E-state index >= 15 is 0 Å². The predicted molar refractivity (Wildman–Crippen MR) is 47.3 cm³/mol. The van der Waals surface area contributed by atoms with E-state index in [-0.39, 0.29) is 0 Å². The van der Waals surface area contributed by atoms with Crippen LogP contribution in [0.5, 0.6) is 0 Å². The van der Waals surface area contributed by atoms with Crippen LogP contribution in [0, 0.1) is 5.82 Å². The summed E-state index contributed by atoms with van der Waals surface area (Å²) in [6.45, 7) is 0. The maximum absolute atomic E-state index is 13.1. The highest BCUT2D eigenvalue weighted by Crippen LogP contribution is 2.51. The van der Waals surface area contributed by atoms with E-state index in [0.717, 1.165) is 12.1 Å². The lowest BCUT2D eigenvalue weighted by molar-refractivity contribution is -0.372. The van der Waals surface area contributed by atoms with Crippen LogP contribution in [0.1, 0.15) is 11.7 Å². The van der Waals surface area contributed by atoms with Crippen molar-refractivity contribution in [3.8, 4) is 0 Å². The summed E-state index contributed by atoms with van der Waals surface area (Å²) in [6.07, 6.45) is -10.2. The lowest BCUT2D eigenvalue weighted by Crippen LogP contribution is -2.55. The number of benzene rings is 1. The number of hydrogen-bond donors (Lipinski definition) is 1. The third kappa shape index (κ3) is 2.51. The van der Waals surface area contributed by atoms with Crippen LogP contribution in [-0.2, 0) is 0 Å². The minimum atomic E-state index is -6.58. The van der Waals surface area contributed by atoms with Crippen LogP contribution in [0.3, 0.4) is 0 Å². The van der Waals surface area contributed by atoms with E-state index in [4.69, 9.17) is 5.11 Å². The Morgan fingerprint density at radius 3 is 1.79 bits per heavy atom. The Bertz CT molecular complexity index is 453. The lowest BCUT2D eigenvalue weighted by atomic mass is 9.98. The molecule has 108 valence electrons. The van der Waals surface area contributed by atoms with Crippen molar-refractivity contribution < 1.29 is 40.2 Å². The van der Waals surface area contributed by atoms with Gasteiger partial charge >= 0.3 is 18.0 Å². The summed E-state index contributed by atoms with van der Waals surface area (Å²) in [6, 6.07) is 2.93. The Hall–Kier alpha value is -1.38. The molecule has 0 amide bonds. The molecule has 0 saturated carbocycles. The molecule has 1 unspecified atom stereocenters. The molecule has 19 heavy (non-hydrogen) atoms. The summed E-state index contributed by atoms with van der Waals surface area (Å²) in [5.41, 5.74) is -1.35. The highest BCUT2D eigenvalue weighted by molar-refractivity contribution is 5.23. The van der Waals surface area contributed by atoms with Crippen molar-refractivity contribution in [2.75, 3.05) is 0 Å². The predicted octanol–water partition coefficient (Wildman–Crippen LogP) is 3.69. The van der Waals surface area contributed by atoms with Gasteiger partial charge in [0.25, 0.3) is 0 Å². The molecule has 0 aliphatic heterocycles. The molecular weight excluding hydrogens is 288 g/mol. The third-order valence-corrected chi connectivity index (χ3v) is 2.32. The van der Waals surface area contributed by atoms with Crippen LogP contribution in [0.25, 0.3) is 0 Å². The highest BCUT2D eigenvalue weighted by atomic mass is 19.4. The van der Waals surface area contributed by atoms with Crippen molar-refractivity contribution in [1.82, 2.24) is 0 Å². The molecule has 0 heterocycles. The number of rotatable bonds is 3. The van der Waals surface area contributed by atoms with E-state index in [0.29, 0.717) is 12.1 Å². The normalized spacial score (nSPS) is 15.4. The Morgan fingerprint density at radius 1 is 0.895 bits per heavy atom. The lowest BCUT2D eigenvalue weighted by Gasteiger charge is -2.31. The first kappa shape index (κ1) is 15.7. The van der Waals surface area contributed by atoms with Crippen molar-refractivity contribution in [2.45, 2.75) is 24.1 Å². The zero-order chi connectivity index (χ0) is 15.1. The zero-order valence-electron chi connectivity index (χ0n) is 8.86. The molecule has 1 aromatic carbocycles. The molecular formula is C10H6F8O. The third-order valence-electron chi connectivity index (χ3n) is 2.32. The first-order valence-electron chi connectivity index (χ1n) is 4.67. The fourth-order valence-corrected chi connectivity index (χ4v) is 1.25. The maximum Gasteiger partial charge on any atom is 0.459 e. The van der Waals surface area contributed by atoms with Crippen molar-refractivity contribution in [3.05, 3.63) is 35.6 Å². The summed E-state index contributed by atoms with van der Waals surface area (Å²) >= 11 is 0. The van der Waals surface area contributed by atoms with Crippen LogP contribution in [-0.4, -0.2) is 23.1 Å². The van der Waals surface area contributed by atoms with Crippen molar-refractivity contribution in [1.29, 1.82) is 0 Å². The van der Waals surface area contributed by atoms with E-state index < -0.39 is 35.5 Å². The second-order valence-electron chi connectivity index (χ2n) is 3.62. The van der Waals surface area contributed by atoms with Crippen LogP contribution in [0.2, 0.25) is 0 Å². The van der Waals surface area contributed by atoms with Gasteiger partial charge in [-0.05, 0) is 6.07 Å². The van der Waals surface area contributed by atoms with Crippen LogP contribution < -0.4 is 0 Å². The molecule has 9 heteroatoms. The van der Waals surface area contributed by atoms with Crippen molar-refractivity contribution in [2.24, 2.45) is 0 Å². The van der Waals surface area contributed by atoms with Gasteiger partial charge < -0.3 is 5.11 Å². The van der Waals surface area contributed by atoms with Gasteiger partial charge in [-0.15, -0.1) is 0 Å². The van der Waals surface area contributed by atoms with Gasteiger partial charge in [0.2, 0.25) is 0 Å². The summed E-state index contributed by atoms with van der Waals surface area (Å²) < 4.78 is 100. The molecule has 0 spiro atoms. The Morgan fingerprint density at radius 2 is 1.37 bits per heavy atom. The van der Waals surface area contributed by atoms with Crippen LogP contribution in [0.4, 0.5) is 35.1 Å². The number of alkyl halides is 7. The van der Waals surface area contributed by atoms with Gasteiger partial charge in [0.1, 0.15) is 5.82 Å². The average Bonchev–Trinajstić information content (AvgIpc) is 2.27. The largest absolute Gasteiger partial charge is 0.459 e. The quantitative estimate of drug-likeness (QED) is 0.843. The smallest absolute Gasteiger partial charge is 0.382 e. The zero-order valence-corrected chi connectivity index (χ0v) is 8.86.